The van der Waals surface area contributed by atoms with Gasteiger partial charge in [-0.1, -0.05) is 0 Å². The Hall–Kier alpha value is -1.68. The third kappa shape index (κ3) is 2.08. The standard InChI is InChI=1S/C13H14FN3/c14-12-3-1-11(2-4-12)13-7-16-9-17(13)8-10-5-15-6-10/h1-4,7,9-10,15H,5-6,8H2. The first-order chi connectivity index (χ1) is 8.33. The van der Waals surface area contributed by atoms with Gasteiger partial charge in [0.05, 0.1) is 18.2 Å². The zero-order valence-corrected chi connectivity index (χ0v) is 9.44. The van der Waals surface area contributed by atoms with Crippen LogP contribution in [0.1, 0.15) is 0 Å². The molecule has 0 aliphatic carbocycles. The van der Waals surface area contributed by atoms with Crippen LogP contribution in [0.2, 0.25) is 0 Å². The van der Waals surface area contributed by atoms with E-state index in [1.54, 1.807) is 12.1 Å². The summed E-state index contributed by atoms with van der Waals surface area (Å²) in [4.78, 5) is 4.18. The van der Waals surface area contributed by atoms with Crippen molar-refractivity contribution in [3.05, 3.63) is 42.6 Å². The fraction of sp³-hybridized carbons (Fsp3) is 0.308. The summed E-state index contributed by atoms with van der Waals surface area (Å²) in [6.45, 7) is 3.11. The molecule has 1 fully saturated rings. The van der Waals surface area contributed by atoms with Gasteiger partial charge in [0.15, 0.2) is 0 Å². The number of nitrogens with zero attached hydrogens (tertiary/aromatic N) is 2. The molecular weight excluding hydrogens is 217 g/mol. The van der Waals surface area contributed by atoms with Crippen LogP contribution in [-0.2, 0) is 6.54 Å². The molecule has 1 N–H and O–H groups in total. The first kappa shape index (κ1) is 10.5. The SMILES string of the molecule is Fc1ccc(-c2cncn2CC2CNC2)cc1. The van der Waals surface area contributed by atoms with E-state index in [0.29, 0.717) is 5.92 Å². The summed E-state index contributed by atoms with van der Waals surface area (Å²) in [6, 6.07) is 6.55. The minimum atomic E-state index is -0.206. The van der Waals surface area contributed by atoms with Gasteiger partial charge < -0.3 is 9.88 Å². The molecule has 17 heavy (non-hydrogen) atoms. The molecule has 0 spiro atoms. The third-order valence-electron chi connectivity index (χ3n) is 3.17. The van der Waals surface area contributed by atoms with Crippen molar-refractivity contribution in [1.29, 1.82) is 0 Å². The highest BCUT2D eigenvalue weighted by atomic mass is 19.1. The monoisotopic (exact) mass is 231 g/mol. The lowest BCUT2D eigenvalue weighted by molar-refractivity contribution is 0.308. The van der Waals surface area contributed by atoms with Gasteiger partial charge in [0.2, 0.25) is 0 Å². The average molecular weight is 231 g/mol. The van der Waals surface area contributed by atoms with Crippen LogP contribution in [0.15, 0.2) is 36.8 Å². The molecule has 1 aromatic heterocycles. The Morgan fingerprint density at radius 3 is 2.71 bits per heavy atom. The highest BCUT2D eigenvalue weighted by molar-refractivity contribution is 5.58. The van der Waals surface area contributed by atoms with Crippen LogP contribution in [0, 0.1) is 11.7 Å². The van der Waals surface area contributed by atoms with Crippen LogP contribution >= 0.6 is 0 Å². The Bertz CT molecular complexity index is 500. The maximum Gasteiger partial charge on any atom is 0.123 e. The zero-order valence-electron chi connectivity index (χ0n) is 9.44. The Morgan fingerprint density at radius 1 is 1.29 bits per heavy atom. The molecule has 0 amide bonds. The minimum absolute atomic E-state index is 0.206. The quantitative estimate of drug-likeness (QED) is 0.874. The summed E-state index contributed by atoms with van der Waals surface area (Å²) in [6.07, 6.45) is 3.68. The van der Waals surface area contributed by atoms with Gasteiger partial charge >= 0.3 is 0 Å². The molecule has 2 heterocycles. The number of hydrogen-bond donors (Lipinski definition) is 1. The lowest BCUT2D eigenvalue weighted by Crippen LogP contribution is -2.44. The molecule has 0 atom stereocenters. The minimum Gasteiger partial charge on any atom is -0.330 e. The molecule has 1 aromatic carbocycles. The van der Waals surface area contributed by atoms with Crippen LogP contribution < -0.4 is 5.32 Å². The van der Waals surface area contributed by atoms with E-state index in [9.17, 15) is 4.39 Å². The van der Waals surface area contributed by atoms with Gasteiger partial charge in [-0.2, -0.15) is 0 Å². The van der Waals surface area contributed by atoms with E-state index in [4.69, 9.17) is 0 Å². The molecule has 3 nitrogen and oxygen atoms in total. The normalized spacial score (nSPS) is 15.8. The number of hydrogen-bond acceptors (Lipinski definition) is 2. The Labute approximate surface area is 99.3 Å². The van der Waals surface area contributed by atoms with Crippen molar-refractivity contribution in [2.75, 3.05) is 13.1 Å². The van der Waals surface area contributed by atoms with E-state index in [0.717, 1.165) is 30.9 Å². The smallest absolute Gasteiger partial charge is 0.123 e. The maximum atomic E-state index is 12.9. The summed E-state index contributed by atoms with van der Waals surface area (Å²) >= 11 is 0. The van der Waals surface area contributed by atoms with Gasteiger partial charge in [-0.05, 0) is 29.8 Å². The third-order valence-corrected chi connectivity index (χ3v) is 3.17. The molecular formula is C13H14FN3. The molecule has 3 rings (SSSR count). The lowest BCUT2D eigenvalue weighted by atomic mass is 10.0. The summed E-state index contributed by atoms with van der Waals surface area (Å²) < 4.78 is 15.0. The van der Waals surface area contributed by atoms with E-state index >= 15 is 0 Å². The number of nitrogens with one attached hydrogen (secondary N) is 1. The van der Waals surface area contributed by atoms with Crippen molar-refractivity contribution in [3.8, 4) is 11.3 Å². The second-order valence-corrected chi connectivity index (χ2v) is 4.46. The van der Waals surface area contributed by atoms with Gasteiger partial charge in [0.1, 0.15) is 5.82 Å². The van der Waals surface area contributed by atoms with Crippen molar-refractivity contribution >= 4 is 0 Å². The zero-order chi connectivity index (χ0) is 11.7. The van der Waals surface area contributed by atoms with Crippen molar-refractivity contribution in [2.24, 2.45) is 5.92 Å². The van der Waals surface area contributed by atoms with E-state index in [-0.39, 0.29) is 5.82 Å². The Balaban J connectivity index is 1.86. The number of aromatic nitrogens is 2. The molecule has 1 aliphatic heterocycles. The molecule has 2 aromatic rings. The highest BCUT2D eigenvalue weighted by Gasteiger charge is 2.18. The second kappa shape index (κ2) is 4.30. The molecule has 1 aliphatic rings. The predicted molar refractivity (Wildman–Crippen MR) is 64.0 cm³/mol. The largest absolute Gasteiger partial charge is 0.330 e. The van der Waals surface area contributed by atoms with Crippen LogP contribution in [0.5, 0.6) is 0 Å². The second-order valence-electron chi connectivity index (χ2n) is 4.46. The number of halogens is 1. The molecule has 88 valence electrons. The van der Waals surface area contributed by atoms with Gasteiger partial charge in [0.25, 0.3) is 0 Å². The Kier molecular flexibility index (Phi) is 2.65. The Morgan fingerprint density at radius 2 is 2.06 bits per heavy atom. The topological polar surface area (TPSA) is 29.9 Å². The van der Waals surface area contributed by atoms with Crippen molar-refractivity contribution in [1.82, 2.24) is 14.9 Å². The first-order valence-corrected chi connectivity index (χ1v) is 5.80. The van der Waals surface area contributed by atoms with E-state index in [1.807, 2.05) is 12.5 Å². The number of imidazole rings is 1. The highest BCUT2D eigenvalue weighted by Crippen LogP contribution is 2.21. The van der Waals surface area contributed by atoms with Gasteiger partial charge in [-0.3, -0.25) is 0 Å². The van der Waals surface area contributed by atoms with E-state index < -0.39 is 0 Å². The van der Waals surface area contributed by atoms with E-state index in [1.165, 1.54) is 12.1 Å². The summed E-state index contributed by atoms with van der Waals surface area (Å²) in [5.74, 6) is 0.478. The fourth-order valence-electron chi connectivity index (χ4n) is 2.08. The van der Waals surface area contributed by atoms with E-state index in [2.05, 4.69) is 14.9 Å². The van der Waals surface area contributed by atoms with Crippen molar-refractivity contribution in [3.63, 3.8) is 0 Å². The lowest BCUT2D eigenvalue weighted by Gasteiger charge is -2.27. The van der Waals surface area contributed by atoms with Crippen LogP contribution in [0.3, 0.4) is 0 Å². The molecule has 0 unspecified atom stereocenters. The molecule has 0 bridgehead atoms. The molecule has 1 saturated heterocycles. The number of rotatable bonds is 3. The van der Waals surface area contributed by atoms with Crippen LogP contribution in [-0.4, -0.2) is 22.6 Å². The molecule has 0 saturated carbocycles. The van der Waals surface area contributed by atoms with Gasteiger partial charge in [0, 0.05) is 25.6 Å². The van der Waals surface area contributed by atoms with Gasteiger partial charge in [-0.15, -0.1) is 0 Å². The molecule has 0 radical (unpaired) electrons. The fourth-order valence-corrected chi connectivity index (χ4v) is 2.08. The average Bonchev–Trinajstić information content (AvgIpc) is 2.73. The summed E-state index contributed by atoms with van der Waals surface area (Å²) in [5, 5.41) is 3.26. The summed E-state index contributed by atoms with van der Waals surface area (Å²) in [7, 11) is 0. The van der Waals surface area contributed by atoms with Crippen molar-refractivity contribution in [2.45, 2.75) is 6.54 Å². The van der Waals surface area contributed by atoms with Crippen LogP contribution in [0.25, 0.3) is 11.3 Å². The summed E-state index contributed by atoms with van der Waals surface area (Å²) in [5.41, 5.74) is 2.06. The van der Waals surface area contributed by atoms with Crippen LogP contribution in [0.4, 0.5) is 4.39 Å². The molecule has 4 heteroatoms. The first-order valence-electron chi connectivity index (χ1n) is 5.80. The predicted octanol–water partition coefficient (Wildman–Crippen LogP) is 1.91. The number of benzene rings is 1. The van der Waals surface area contributed by atoms with Gasteiger partial charge in [-0.25, -0.2) is 9.37 Å². The van der Waals surface area contributed by atoms with Crippen molar-refractivity contribution < 1.29 is 4.39 Å². The maximum absolute atomic E-state index is 12.9.